The fourth-order valence-corrected chi connectivity index (χ4v) is 4.91. The lowest BCUT2D eigenvalue weighted by atomic mass is 9.85. The van der Waals surface area contributed by atoms with Gasteiger partial charge in [0.15, 0.2) is 5.69 Å². The second kappa shape index (κ2) is 7.72. The number of nitrogens with zero attached hydrogens (tertiary/aromatic N) is 3. The Morgan fingerprint density at radius 2 is 1.79 bits per heavy atom. The van der Waals surface area contributed by atoms with Gasteiger partial charge in [0.1, 0.15) is 18.2 Å². The van der Waals surface area contributed by atoms with Gasteiger partial charge in [-0.1, -0.05) is 24.3 Å². The molecule has 0 fully saturated rings. The van der Waals surface area contributed by atoms with Crippen LogP contribution in [0.2, 0.25) is 0 Å². The second-order valence-electron chi connectivity index (χ2n) is 9.77. The third-order valence-corrected chi connectivity index (χ3v) is 6.87. The summed E-state index contributed by atoms with van der Waals surface area (Å²) in [5, 5.41) is 12.9. The average Bonchev–Trinajstić information content (AvgIpc) is 3.19. The summed E-state index contributed by atoms with van der Waals surface area (Å²) < 4.78 is 8.66. The first-order chi connectivity index (χ1) is 16.2. The molecule has 0 bridgehead atoms. The van der Waals surface area contributed by atoms with Crippen LogP contribution in [0.15, 0.2) is 59.0 Å². The fraction of sp³-hybridized carbons (Fsp3) is 0.233. The van der Waals surface area contributed by atoms with Crippen LogP contribution in [0.5, 0.6) is 0 Å². The number of pyridine rings is 1. The highest BCUT2D eigenvalue weighted by Gasteiger charge is 2.27. The number of furan rings is 1. The van der Waals surface area contributed by atoms with Crippen LogP contribution in [0.3, 0.4) is 0 Å². The van der Waals surface area contributed by atoms with E-state index in [0.717, 1.165) is 55.2 Å². The number of para-hydroxylation sites is 1. The summed E-state index contributed by atoms with van der Waals surface area (Å²) in [6.45, 7) is 15.6. The van der Waals surface area contributed by atoms with Crippen LogP contribution in [-0.4, -0.2) is 0 Å². The molecule has 5 aromatic rings. The first kappa shape index (κ1) is 21.7. The molecule has 4 nitrogen and oxygen atoms in total. The van der Waals surface area contributed by atoms with Crippen molar-refractivity contribution in [2.45, 2.75) is 34.1 Å². The summed E-state index contributed by atoms with van der Waals surface area (Å²) in [6.07, 6.45) is 0.653. The molecule has 0 amide bonds. The molecule has 0 aliphatic heterocycles. The molecule has 0 aliphatic rings. The Kier molecular flexibility index (Phi) is 4.92. The number of benzene rings is 3. The summed E-state index contributed by atoms with van der Waals surface area (Å²) in [5.74, 6) is 0. The minimum absolute atomic E-state index is 0.480. The molecule has 0 saturated heterocycles. The molecule has 0 N–H and O–H groups in total. The molecule has 5 rings (SSSR count). The number of hydrogen-bond acceptors (Lipinski definition) is 2. The predicted molar refractivity (Wildman–Crippen MR) is 137 cm³/mol. The number of fused-ring (bicyclic) bond motifs is 4. The van der Waals surface area contributed by atoms with Gasteiger partial charge in [0, 0.05) is 28.3 Å². The van der Waals surface area contributed by atoms with E-state index in [-0.39, 0.29) is 0 Å². The maximum absolute atomic E-state index is 9.72. The smallest absolute Gasteiger partial charge is 0.217 e. The van der Waals surface area contributed by atoms with Gasteiger partial charge < -0.3 is 4.42 Å². The van der Waals surface area contributed by atoms with Crippen molar-refractivity contribution in [3.05, 3.63) is 82.7 Å². The maximum Gasteiger partial charge on any atom is 0.217 e. The van der Waals surface area contributed by atoms with Gasteiger partial charge in [-0.2, -0.15) is 9.83 Å². The van der Waals surface area contributed by atoms with Crippen LogP contribution in [0, 0.1) is 37.2 Å². The third kappa shape index (κ3) is 3.31. The number of hydrogen-bond donors (Lipinski definition) is 0. The highest BCUT2D eigenvalue weighted by molar-refractivity contribution is 6.11. The average molecular weight is 445 g/mol. The maximum atomic E-state index is 9.72. The van der Waals surface area contributed by atoms with Gasteiger partial charge in [-0.15, -0.1) is 0 Å². The summed E-state index contributed by atoms with van der Waals surface area (Å²) in [5.41, 5.74) is 8.36. The first-order valence-electron chi connectivity index (χ1n) is 11.4. The second-order valence-corrected chi connectivity index (χ2v) is 9.77. The largest absolute Gasteiger partial charge is 0.456 e. The van der Waals surface area contributed by atoms with Gasteiger partial charge in [0.25, 0.3) is 0 Å². The van der Waals surface area contributed by atoms with E-state index in [1.165, 1.54) is 5.56 Å². The molecule has 3 aromatic carbocycles. The summed E-state index contributed by atoms with van der Waals surface area (Å²) in [6, 6.07) is 20.9. The van der Waals surface area contributed by atoms with E-state index in [1.54, 1.807) is 0 Å². The topological polar surface area (TPSA) is 45.2 Å². The van der Waals surface area contributed by atoms with Gasteiger partial charge in [-0.3, -0.25) is 0 Å². The van der Waals surface area contributed by atoms with Crippen molar-refractivity contribution >= 4 is 38.5 Å². The third-order valence-electron chi connectivity index (χ3n) is 6.87. The Morgan fingerprint density at radius 1 is 1.03 bits per heavy atom. The zero-order chi connectivity index (χ0) is 24.2. The highest BCUT2D eigenvalue weighted by Crippen LogP contribution is 2.40. The first-order valence-corrected chi connectivity index (χ1v) is 11.4. The highest BCUT2D eigenvalue weighted by atomic mass is 16.3. The van der Waals surface area contributed by atoms with Crippen molar-refractivity contribution in [1.82, 2.24) is 0 Å². The Labute approximate surface area is 199 Å². The van der Waals surface area contributed by atoms with E-state index in [0.29, 0.717) is 12.1 Å². The zero-order valence-electron chi connectivity index (χ0n) is 20.2. The molecule has 0 spiro atoms. The van der Waals surface area contributed by atoms with Gasteiger partial charge in [-0.05, 0) is 69.0 Å². The molecule has 0 aliphatic carbocycles. The SMILES string of the molecule is [C-]#[N+]c1ccc2c(c1)oc1c(-c3cc(CC(C)(C)C#N)c4ccccc4[n+]3C)c(C)c(C)cc12. The van der Waals surface area contributed by atoms with Crippen molar-refractivity contribution in [2.24, 2.45) is 12.5 Å². The Morgan fingerprint density at radius 3 is 2.53 bits per heavy atom. The summed E-state index contributed by atoms with van der Waals surface area (Å²) in [7, 11) is 2.09. The van der Waals surface area contributed by atoms with Crippen molar-refractivity contribution in [3.63, 3.8) is 0 Å². The van der Waals surface area contributed by atoms with Gasteiger partial charge in [0.2, 0.25) is 11.2 Å². The van der Waals surface area contributed by atoms with Crippen LogP contribution < -0.4 is 4.57 Å². The van der Waals surface area contributed by atoms with E-state index in [9.17, 15) is 5.26 Å². The van der Waals surface area contributed by atoms with Crippen LogP contribution >= 0.6 is 0 Å². The molecule has 4 heteroatoms. The lowest BCUT2D eigenvalue weighted by molar-refractivity contribution is -0.633. The molecule has 0 saturated carbocycles. The lowest BCUT2D eigenvalue weighted by Gasteiger charge is -2.18. The number of aryl methyl sites for hydroxylation is 2. The standard InChI is InChI=1S/C30H26N3O/c1-18-13-24-23-12-11-21(32-5)15-27(23)34-29(24)28(19(18)2)26-14-20(16-30(3,4)17-31)22-9-7-8-10-25(22)33(26)6/h7-15H,16H2,1-4,6H3/q+1. The zero-order valence-corrected chi connectivity index (χ0v) is 20.2. The van der Waals surface area contributed by atoms with Crippen molar-refractivity contribution < 1.29 is 8.98 Å². The molecule has 2 heterocycles. The Bertz CT molecular complexity index is 1710. The quantitative estimate of drug-likeness (QED) is 0.214. The molecule has 34 heavy (non-hydrogen) atoms. The molecule has 2 aromatic heterocycles. The lowest BCUT2D eigenvalue weighted by Crippen LogP contribution is -2.33. The summed E-state index contributed by atoms with van der Waals surface area (Å²) in [4.78, 5) is 3.57. The molecular formula is C30H26N3O+. The van der Waals surface area contributed by atoms with E-state index >= 15 is 0 Å². The fourth-order valence-electron chi connectivity index (χ4n) is 4.91. The van der Waals surface area contributed by atoms with Crippen molar-refractivity contribution in [1.29, 1.82) is 5.26 Å². The van der Waals surface area contributed by atoms with Gasteiger partial charge in [0.05, 0.1) is 23.6 Å². The minimum atomic E-state index is -0.480. The van der Waals surface area contributed by atoms with Gasteiger partial charge >= 0.3 is 0 Å². The van der Waals surface area contributed by atoms with E-state index in [2.05, 4.69) is 72.8 Å². The van der Waals surface area contributed by atoms with Crippen molar-refractivity contribution in [2.75, 3.05) is 0 Å². The van der Waals surface area contributed by atoms with Gasteiger partial charge in [-0.25, -0.2) is 4.85 Å². The minimum Gasteiger partial charge on any atom is -0.456 e. The van der Waals surface area contributed by atoms with Crippen molar-refractivity contribution in [3.8, 4) is 17.3 Å². The molecule has 0 unspecified atom stereocenters. The Balaban J connectivity index is 1.90. The molecule has 166 valence electrons. The Hall–Kier alpha value is -4.15. The van der Waals surface area contributed by atoms with E-state index in [4.69, 9.17) is 11.0 Å². The van der Waals surface area contributed by atoms with Crippen LogP contribution in [-0.2, 0) is 13.5 Å². The monoisotopic (exact) mass is 444 g/mol. The molecular weight excluding hydrogens is 418 g/mol. The van der Waals surface area contributed by atoms with Crippen LogP contribution in [0.25, 0.3) is 48.9 Å². The summed E-state index contributed by atoms with van der Waals surface area (Å²) >= 11 is 0. The predicted octanol–water partition coefficient (Wildman–Crippen LogP) is 7.49. The van der Waals surface area contributed by atoms with Crippen LogP contribution in [0.1, 0.15) is 30.5 Å². The molecule has 0 radical (unpaired) electrons. The van der Waals surface area contributed by atoms with E-state index < -0.39 is 5.41 Å². The number of nitriles is 1. The van der Waals surface area contributed by atoms with Crippen LogP contribution in [0.4, 0.5) is 5.69 Å². The normalized spacial score (nSPS) is 11.7. The number of aromatic nitrogens is 1. The molecule has 0 atom stereocenters. The van der Waals surface area contributed by atoms with E-state index in [1.807, 2.05) is 32.0 Å². The number of rotatable bonds is 3.